The standard InChI is InChI=1S/C29H34F3N5O5/c1-27(2,3)24(39)34-22(17-42-16-20-9-5-4-6-10-20)23(38)35-13-14-37-26(41)36(19-29(30,31)32)25(40)28(37,18-35)15-21-11-7-8-12-33-21/h4-12,22H,13-19H2,1-3H3,(H,34,39)/t22-,28+/m1/s1. The Morgan fingerprint density at radius 3 is 2.36 bits per heavy atom. The van der Waals surface area contributed by atoms with Gasteiger partial charge in [0.15, 0.2) is 0 Å². The van der Waals surface area contributed by atoms with E-state index in [-0.39, 0.29) is 44.2 Å². The number of amides is 5. The average Bonchev–Trinajstić information content (AvgIpc) is 3.12. The molecule has 5 amide bonds. The minimum Gasteiger partial charge on any atom is -0.374 e. The predicted octanol–water partition coefficient (Wildman–Crippen LogP) is 2.78. The van der Waals surface area contributed by atoms with Crippen molar-refractivity contribution >= 4 is 23.8 Å². The lowest BCUT2D eigenvalue weighted by Gasteiger charge is -2.45. The van der Waals surface area contributed by atoms with E-state index in [1.165, 1.54) is 11.1 Å². The fourth-order valence-electron chi connectivity index (χ4n) is 5.04. The Hall–Kier alpha value is -4.00. The summed E-state index contributed by atoms with van der Waals surface area (Å²) in [7, 11) is 0. The molecule has 0 unspecified atom stereocenters. The summed E-state index contributed by atoms with van der Waals surface area (Å²) >= 11 is 0. The molecule has 10 nitrogen and oxygen atoms in total. The first-order chi connectivity index (χ1) is 19.7. The van der Waals surface area contributed by atoms with Gasteiger partial charge in [0.05, 0.1) is 19.8 Å². The van der Waals surface area contributed by atoms with Crippen LogP contribution in [-0.4, -0.2) is 94.0 Å². The van der Waals surface area contributed by atoms with Crippen molar-refractivity contribution < 1.29 is 37.1 Å². The summed E-state index contributed by atoms with van der Waals surface area (Å²) in [5.74, 6) is -2.03. The van der Waals surface area contributed by atoms with Crippen LogP contribution in [0.1, 0.15) is 32.0 Å². The number of ether oxygens (including phenoxy) is 1. The fraction of sp³-hybridized carbons (Fsp3) is 0.483. The maximum Gasteiger partial charge on any atom is 0.406 e. The summed E-state index contributed by atoms with van der Waals surface area (Å²) in [6.07, 6.45) is -3.53. The highest BCUT2D eigenvalue weighted by atomic mass is 19.4. The van der Waals surface area contributed by atoms with Crippen molar-refractivity contribution in [3.05, 3.63) is 66.0 Å². The first-order valence-corrected chi connectivity index (χ1v) is 13.5. The number of nitrogens with zero attached hydrogens (tertiary/aromatic N) is 4. The van der Waals surface area contributed by atoms with Crippen LogP contribution in [0.5, 0.6) is 0 Å². The second-order valence-corrected chi connectivity index (χ2v) is 11.5. The summed E-state index contributed by atoms with van der Waals surface area (Å²) in [6.45, 7) is 2.71. The lowest BCUT2D eigenvalue weighted by molar-refractivity contribution is -0.157. The Kier molecular flexibility index (Phi) is 8.90. The Morgan fingerprint density at radius 1 is 1.05 bits per heavy atom. The molecule has 1 aromatic heterocycles. The third kappa shape index (κ3) is 6.89. The SMILES string of the molecule is CC(C)(C)C(=O)N[C@H](COCc1ccccc1)C(=O)N1CCN2C(=O)N(CC(F)(F)F)C(=O)[C@]2(Cc2ccccn2)C1. The molecule has 0 bridgehead atoms. The van der Waals surface area contributed by atoms with Crippen molar-refractivity contribution in [2.45, 2.75) is 51.6 Å². The van der Waals surface area contributed by atoms with Gasteiger partial charge in [0, 0.05) is 36.8 Å². The summed E-state index contributed by atoms with van der Waals surface area (Å²) in [6, 6.07) is 11.9. The summed E-state index contributed by atoms with van der Waals surface area (Å²) < 4.78 is 45.9. The van der Waals surface area contributed by atoms with Gasteiger partial charge in [-0.05, 0) is 17.7 Å². The zero-order valence-electron chi connectivity index (χ0n) is 23.7. The fourth-order valence-corrected chi connectivity index (χ4v) is 5.04. The maximum atomic E-state index is 13.9. The Bertz CT molecular complexity index is 1300. The van der Waals surface area contributed by atoms with Gasteiger partial charge >= 0.3 is 12.2 Å². The summed E-state index contributed by atoms with van der Waals surface area (Å²) in [5, 5.41) is 2.73. The van der Waals surface area contributed by atoms with Crippen LogP contribution >= 0.6 is 0 Å². The highest BCUT2D eigenvalue weighted by Crippen LogP contribution is 2.36. The quantitative estimate of drug-likeness (QED) is 0.451. The van der Waals surface area contributed by atoms with Gasteiger partial charge in [0.25, 0.3) is 5.91 Å². The third-order valence-electron chi connectivity index (χ3n) is 7.20. The van der Waals surface area contributed by atoms with Crippen LogP contribution < -0.4 is 5.32 Å². The Labute approximate surface area is 241 Å². The molecule has 42 heavy (non-hydrogen) atoms. The first-order valence-electron chi connectivity index (χ1n) is 13.5. The maximum absolute atomic E-state index is 13.9. The number of nitrogens with one attached hydrogen (secondary N) is 1. The van der Waals surface area contributed by atoms with Crippen LogP contribution in [0.15, 0.2) is 54.7 Å². The van der Waals surface area contributed by atoms with E-state index in [4.69, 9.17) is 4.74 Å². The number of rotatable bonds is 9. The molecule has 2 atom stereocenters. The van der Waals surface area contributed by atoms with Gasteiger partial charge in [-0.2, -0.15) is 13.2 Å². The van der Waals surface area contributed by atoms with E-state index in [9.17, 15) is 32.3 Å². The normalized spacial score (nSPS) is 20.0. The molecule has 4 rings (SSSR count). The van der Waals surface area contributed by atoms with Gasteiger partial charge in [0.2, 0.25) is 11.8 Å². The molecular formula is C29H34F3N5O5. The van der Waals surface area contributed by atoms with E-state index in [0.29, 0.717) is 5.69 Å². The molecule has 13 heteroatoms. The zero-order chi connectivity index (χ0) is 30.7. The monoisotopic (exact) mass is 589 g/mol. The highest BCUT2D eigenvalue weighted by Gasteiger charge is 2.61. The lowest BCUT2D eigenvalue weighted by atomic mass is 9.88. The number of imide groups is 1. The number of alkyl halides is 3. The molecule has 2 aromatic rings. The second-order valence-electron chi connectivity index (χ2n) is 11.5. The molecule has 226 valence electrons. The van der Waals surface area contributed by atoms with Gasteiger partial charge < -0.3 is 19.9 Å². The number of piperazine rings is 1. The van der Waals surface area contributed by atoms with Crippen molar-refractivity contribution in [2.24, 2.45) is 5.41 Å². The lowest BCUT2D eigenvalue weighted by Crippen LogP contribution is -2.67. The molecule has 0 aliphatic carbocycles. The highest BCUT2D eigenvalue weighted by molar-refractivity contribution is 6.08. The molecule has 3 heterocycles. The Balaban J connectivity index is 1.61. The molecule has 0 saturated carbocycles. The van der Waals surface area contributed by atoms with Crippen molar-refractivity contribution in [1.29, 1.82) is 0 Å². The number of hydrogen-bond donors (Lipinski definition) is 1. The number of aromatic nitrogens is 1. The van der Waals surface area contributed by atoms with Gasteiger partial charge in [-0.25, -0.2) is 4.79 Å². The van der Waals surface area contributed by atoms with E-state index < -0.39 is 53.5 Å². The third-order valence-corrected chi connectivity index (χ3v) is 7.20. The molecule has 0 radical (unpaired) electrons. The number of carbonyl (C=O) groups is 4. The van der Waals surface area contributed by atoms with Gasteiger partial charge in [-0.15, -0.1) is 0 Å². The van der Waals surface area contributed by atoms with Crippen LogP contribution in [0, 0.1) is 5.41 Å². The van der Waals surface area contributed by atoms with Crippen LogP contribution in [0.2, 0.25) is 0 Å². The van der Waals surface area contributed by atoms with Crippen molar-refractivity contribution in [1.82, 2.24) is 25.0 Å². The van der Waals surface area contributed by atoms with Gasteiger partial charge in [0.1, 0.15) is 18.1 Å². The van der Waals surface area contributed by atoms with Crippen LogP contribution in [0.4, 0.5) is 18.0 Å². The number of urea groups is 1. The molecule has 2 fully saturated rings. The van der Waals surface area contributed by atoms with E-state index in [2.05, 4.69) is 10.3 Å². The molecule has 0 spiro atoms. The largest absolute Gasteiger partial charge is 0.406 e. The van der Waals surface area contributed by atoms with E-state index in [1.807, 2.05) is 30.3 Å². The summed E-state index contributed by atoms with van der Waals surface area (Å²) in [5.41, 5.74) is -1.40. The molecular weight excluding hydrogens is 555 g/mol. The topological polar surface area (TPSA) is 112 Å². The molecule has 2 aliphatic heterocycles. The summed E-state index contributed by atoms with van der Waals surface area (Å²) in [4.78, 5) is 60.3. The zero-order valence-corrected chi connectivity index (χ0v) is 23.7. The number of fused-ring (bicyclic) bond motifs is 1. The van der Waals surface area contributed by atoms with Gasteiger partial charge in [-0.1, -0.05) is 57.2 Å². The van der Waals surface area contributed by atoms with Crippen LogP contribution in [0.3, 0.4) is 0 Å². The number of pyridine rings is 1. The first kappa shape index (κ1) is 30.9. The molecule has 1 N–H and O–H groups in total. The molecule has 1 aromatic carbocycles. The molecule has 2 saturated heterocycles. The number of carbonyl (C=O) groups excluding carboxylic acids is 4. The number of halogens is 3. The van der Waals surface area contributed by atoms with E-state index >= 15 is 0 Å². The van der Waals surface area contributed by atoms with Crippen molar-refractivity contribution in [2.75, 3.05) is 32.8 Å². The van der Waals surface area contributed by atoms with Gasteiger partial charge in [-0.3, -0.25) is 24.3 Å². The molecule has 2 aliphatic rings. The second kappa shape index (κ2) is 12.1. The number of hydrogen-bond acceptors (Lipinski definition) is 6. The smallest absolute Gasteiger partial charge is 0.374 e. The van der Waals surface area contributed by atoms with Crippen LogP contribution in [0.25, 0.3) is 0 Å². The van der Waals surface area contributed by atoms with Crippen molar-refractivity contribution in [3.63, 3.8) is 0 Å². The predicted molar refractivity (Wildman–Crippen MR) is 145 cm³/mol. The van der Waals surface area contributed by atoms with E-state index in [1.54, 1.807) is 39.0 Å². The van der Waals surface area contributed by atoms with Crippen molar-refractivity contribution in [3.8, 4) is 0 Å². The van der Waals surface area contributed by atoms with E-state index in [0.717, 1.165) is 10.5 Å². The number of benzene rings is 1. The minimum absolute atomic E-state index is 0.0533. The minimum atomic E-state index is -4.81. The Morgan fingerprint density at radius 2 is 1.74 bits per heavy atom. The average molecular weight is 590 g/mol. The van der Waals surface area contributed by atoms with Crippen LogP contribution in [-0.2, 0) is 32.1 Å².